The highest BCUT2D eigenvalue weighted by molar-refractivity contribution is 9.10. The number of nitrogens with zero attached hydrogens (tertiary/aromatic N) is 2. The molecule has 3 aromatic carbocycles. The van der Waals surface area contributed by atoms with Crippen molar-refractivity contribution in [1.29, 1.82) is 0 Å². The molecule has 0 heterocycles. The highest BCUT2D eigenvalue weighted by atomic mass is 79.9. The minimum Gasteiger partial charge on any atom is -0.493 e. The number of carbonyl (C=O) groups is 1. The van der Waals surface area contributed by atoms with Crippen LogP contribution in [0.15, 0.2) is 64.2 Å². The Morgan fingerprint density at radius 1 is 1.19 bits per heavy atom. The van der Waals surface area contributed by atoms with Gasteiger partial charge in [0.2, 0.25) is 5.91 Å². The summed E-state index contributed by atoms with van der Waals surface area (Å²) in [6.45, 7) is 0.256. The van der Waals surface area contributed by atoms with E-state index in [2.05, 4.69) is 26.5 Å². The summed E-state index contributed by atoms with van der Waals surface area (Å²) >= 11 is 9.30. The van der Waals surface area contributed by atoms with Gasteiger partial charge in [-0.25, -0.2) is 5.43 Å². The zero-order valence-corrected chi connectivity index (χ0v) is 21.4. The number of carbonyl (C=O) groups excluding carboxylic acids is 1. The maximum atomic E-state index is 12.8. The molecule has 37 heavy (non-hydrogen) atoms. The zero-order chi connectivity index (χ0) is 27.2. The first-order valence-corrected chi connectivity index (χ1v) is 11.6. The first kappa shape index (κ1) is 27.9. The van der Waals surface area contributed by atoms with Crippen LogP contribution in [-0.4, -0.2) is 24.2 Å². The van der Waals surface area contributed by atoms with Crippen molar-refractivity contribution in [1.82, 2.24) is 5.43 Å². The van der Waals surface area contributed by atoms with Crippen LogP contribution >= 0.6 is 27.5 Å². The molecule has 0 unspecified atom stereocenters. The van der Waals surface area contributed by atoms with Crippen molar-refractivity contribution in [2.24, 2.45) is 5.10 Å². The van der Waals surface area contributed by atoms with Crippen LogP contribution in [0.4, 0.5) is 18.9 Å². The molecule has 1 N–H and O–H groups in total. The number of benzene rings is 3. The fraction of sp³-hybridized carbons (Fsp3) is 0.167. The van der Waals surface area contributed by atoms with E-state index in [4.69, 9.17) is 21.1 Å². The molecule has 0 aliphatic heterocycles. The van der Waals surface area contributed by atoms with Gasteiger partial charge < -0.3 is 9.47 Å². The van der Waals surface area contributed by atoms with E-state index in [0.29, 0.717) is 38.7 Å². The lowest BCUT2D eigenvalue weighted by atomic mass is 10.1. The molecule has 3 rings (SSSR count). The third-order valence-corrected chi connectivity index (χ3v) is 5.75. The van der Waals surface area contributed by atoms with Crippen molar-refractivity contribution < 1.29 is 32.4 Å². The van der Waals surface area contributed by atoms with Gasteiger partial charge in [-0.1, -0.05) is 29.8 Å². The second-order valence-corrected chi connectivity index (χ2v) is 8.81. The lowest BCUT2D eigenvalue weighted by Crippen LogP contribution is -2.20. The molecule has 1 amide bonds. The average molecular weight is 601 g/mol. The summed E-state index contributed by atoms with van der Waals surface area (Å²) in [7, 11) is 1.45. The molecule has 194 valence electrons. The van der Waals surface area contributed by atoms with Gasteiger partial charge in [0.25, 0.3) is 5.69 Å². The van der Waals surface area contributed by atoms with Crippen LogP contribution in [0.25, 0.3) is 0 Å². The van der Waals surface area contributed by atoms with Gasteiger partial charge in [0.1, 0.15) is 6.61 Å². The van der Waals surface area contributed by atoms with Crippen LogP contribution in [0, 0.1) is 10.1 Å². The maximum Gasteiger partial charge on any atom is 0.416 e. The second kappa shape index (κ2) is 12.1. The Morgan fingerprint density at radius 2 is 1.89 bits per heavy atom. The average Bonchev–Trinajstić information content (AvgIpc) is 2.83. The van der Waals surface area contributed by atoms with Crippen molar-refractivity contribution in [3.63, 3.8) is 0 Å². The Morgan fingerprint density at radius 3 is 2.51 bits per heavy atom. The first-order valence-electron chi connectivity index (χ1n) is 10.4. The lowest BCUT2D eigenvalue weighted by molar-refractivity contribution is -0.385. The third kappa shape index (κ3) is 7.67. The highest BCUT2D eigenvalue weighted by Crippen LogP contribution is 2.37. The van der Waals surface area contributed by atoms with Crippen LogP contribution in [0.3, 0.4) is 0 Å². The van der Waals surface area contributed by atoms with Crippen LogP contribution in [-0.2, 0) is 24.0 Å². The molecule has 8 nitrogen and oxygen atoms in total. The number of ether oxygens (including phenoxy) is 2. The minimum absolute atomic E-state index is 0.183. The van der Waals surface area contributed by atoms with Crippen LogP contribution in [0.1, 0.15) is 22.3 Å². The number of amides is 1. The second-order valence-electron chi connectivity index (χ2n) is 7.52. The van der Waals surface area contributed by atoms with E-state index in [9.17, 15) is 28.1 Å². The Hall–Kier alpha value is -3.64. The smallest absolute Gasteiger partial charge is 0.416 e. The SMILES string of the molecule is COc1cc(/C=N/NC(=O)Cc2ccc(C(F)(F)F)cc2[N+](=O)[O-])cc(Br)c1OCc1ccc(Cl)cc1. The Labute approximate surface area is 222 Å². The van der Waals surface area contributed by atoms with Gasteiger partial charge in [-0.2, -0.15) is 18.3 Å². The predicted molar refractivity (Wildman–Crippen MR) is 134 cm³/mol. The lowest BCUT2D eigenvalue weighted by Gasteiger charge is -2.13. The summed E-state index contributed by atoms with van der Waals surface area (Å²) in [4.78, 5) is 22.4. The normalized spacial score (nSPS) is 11.4. The van der Waals surface area contributed by atoms with E-state index in [-0.39, 0.29) is 12.2 Å². The predicted octanol–water partition coefficient (Wildman–Crippen LogP) is 6.31. The molecule has 3 aromatic rings. The Bertz CT molecular complexity index is 1330. The maximum absolute atomic E-state index is 12.8. The van der Waals surface area contributed by atoms with E-state index in [1.165, 1.54) is 13.3 Å². The first-order chi connectivity index (χ1) is 17.5. The number of halogens is 5. The molecule has 0 aromatic heterocycles. The largest absolute Gasteiger partial charge is 0.493 e. The zero-order valence-electron chi connectivity index (χ0n) is 19.0. The quantitative estimate of drug-likeness (QED) is 0.176. The number of hydrazone groups is 1. The van der Waals surface area contributed by atoms with E-state index >= 15 is 0 Å². The molecule has 0 bridgehead atoms. The van der Waals surface area contributed by atoms with Gasteiger partial charge >= 0.3 is 6.18 Å². The van der Waals surface area contributed by atoms with E-state index in [1.54, 1.807) is 24.3 Å². The molecule has 0 aliphatic carbocycles. The summed E-state index contributed by atoms with van der Waals surface area (Å²) in [6, 6.07) is 12.4. The molecule has 13 heteroatoms. The van der Waals surface area contributed by atoms with Crippen molar-refractivity contribution in [3.05, 3.63) is 96.5 Å². The molecule has 0 atom stereocenters. The van der Waals surface area contributed by atoms with Crippen molar-refractivity contribution in [3.8, 4) is 11.5 Å². The number of methoxy groups -OCH3 is 1. The van der Waals surface area contributed by atoms with Crippen molar-refractivity contribution in [2.45, 2.75) is 19.2 Å². The van der Waals surface area contributed by atoms with Gasteiger partial charge in [-0.05, 0) is 57.4 Å². The van der Waals surface area contributed by atoms with Crippen LogP contribution in [0.5, 0.6) is 11.5 Å². The number of alkyl halides is 3. The molecular weight excluding hydrogens is 583 g/mol. The van der Waals surface area contributed by atoms with Crippen LogP contribution in [0.2, 0.25) is 5.02 Å². The molecule has 0 fully saturated rings. The molecule has 0 saturated carbocycles. The number of hydrogen-bond acceptors (Lipinski definition) is 6. The fourth-order valence-corrected chi connectivity index (χ4v) is 3.84. The number of nitro groups is 1. The van der Waals surface area contributed by atoms with Gasteiger partial charge in [0, 0.05) is 16.7 Å². The number of nitro benzene ring substituents is 1. The van der Waals surface area contributed by atoms with Gasteiger partial charge in [0.15, 0.2) is 11.5 Å². The third-order valence-electron chi connectivity index (χ3n) is 4.91. The number of hydrogen-bond donors (Lipinski definition) is 1. The van der Waals surface area contributed by atoms with Gasteiger partial charge in [0.05, 0.1) is 34.7 Å². The van der Waals surface area contributed by atoms with Crippen molar-refractivity contribution in [2.75, 3.05) is 7.11 Å². The monoisotopic (exact) mass is 599 g/mol. The van der Waals surface area contributed by atoms with Crippen molar-refractivity contribution >= 4 is 45.3 Å². The number of nitrogens with one attached hydrogen (secondary N) is 1. The summed E-state index contributed by atoms with van der Waals surface area (Å²) in [5, 5.41) is 15.6. The molecule has 0 radical (unpaired) electrons. The molecular formula is C24H18BrClF3N3O5. The summed E-state index contributed by atoms with van der Waals surface area (Å²) in [5.41, 5.74) is 1.44. The molecule has 0 spiro atoms. The fourth-order valence-electron chi connectivity index (χ4n) is 3.14. The standard InChI is InChI=1S/C24H18BrClF3N3O5/c1-36-21-9-15(8-19(25)23(21)37-13-14-2-6-18(26)7-3-14)12-30-31-22(33)10-16-4-5-17(24(27,28)29)11-20(16)32(34)35/h2-9,11-12H,10,13H2,1H3,(H,31,33)/b30-12+. The van der Waals surface area contributed by atoms with Gasteiger partial charge in [-0.15, -0.1) is 0 Å². The molecule has 0 saturated heterocycles. The summed E-state index contributed by atoms with van der Waals surface area (Å²) in [6.07, 6.45) is -3.99. The van der Waals surface area contributed by atoms with Gasteiger partial charge in [-0.3, -0.25) is 14.9 Å². The Kier molecular flexibility index (Phi) is 9.11. The minimum atomic E-state index is -4.75. The van der Waals surface area contributed by atoms with E-state index in [1.807, 2.05) is 12.1 Å². The topological polar surface area (TPSA) is 103 Å². The van der Waals surface area contributed by atoms with E-state index < -0.39 is 34.7 Å². The van der Waals surface area contributed by atoms with Crippen LogP contribution < -0.4 is 14.9 Å². The Balaban J connectivity index is 1.67. The number of rotatable bonds is 9. The summed E-state index contributed by atoms with van der Waals surface area (Å²) in [5.74, 6) is 0.0674. The highest BCUT2D eigenvalue weighted by Gasteiger charge is 2.33. The molecule has 0 aliphatic rings. The summed E-state index contributed by atoms with van der Waals surface area (Å²) < 4.78 is 50.3. The van der Waals surface area contributed by atoms with E-state index in [0.717, 1.165) is 11.6 Å².